The monoisotopic (exact) mass is 490 g/mol. The minimum atomic E-state index is -0.352. The van der Waals surface area contributed by atoms with Gasteiger partial charge < -0.3 is 14.6 Å². The van der Waals surface area contributed by atoms with Crippen LogP contribution in [0.4, 0.5) is 0 Å². The second kappa shape index (κ2) is 15.4. The molecule has 4 nitrogen and oxygen atoms in total. The van der Waals surface area contributed by atoms with Crippen molar-refractivity contribution >= 4 is 5.97 Å². The molecule has 3 aliphatic carbocycles. The van der Waals surface area contributed by atoms with E-state index in [1.54, 1.807) is 6.92 Å². The molecule has 0 bridgehead atoms. The molecule has 0 spiro atoms. The number of hydrogen-bond donors (Lipinski definition) is 1. The first-order valence-electron chi connectivity index (χ1n) is 15.0. The molecule has 0 amide bonds. The Morgan fingerprint density at radius 1 is 0.886 bits per heavy atom. The average molecular weight is 491 g/mol. The third-order valence-corrected chi connectivity index (χ3v) is 9.63. The van der Waals surface area contributed by atoms with Gasteiger partial charge in [-0.3, -0.25) is 0 Å². The van der Waals surface area contributed by atoms with E-state index in [0.717, 1.165) is 50.0 Å². The quantitative estimate of drug-likeness (QED) is 0.165. The van der Waals surface area contributed by atoms with Crippen molar-refractivity contribution in [3.05, 3.63) is 12.2 Å². The van der Waals surface area contributed by atoms with E-state index in [4.69, 9.17) is 9.47 Å². The Morgan fingerprint density at radius 2 is 1.49 bits per heavy atom. The third kappa shape index (κ3) is 9.50. The Hall–Kier alpha value is -0.870. The SMILES string of the molecule is C=C(C)C(=O)OCC(CO)C1CCC(COC2CCC(C3CCC(CCCCC)CC3)CC2)CC1. The minimum absolute atomic E-state index is 0.0434. The maximum Gasteiger partial charge on any atom is 0.333 e. The highest BCUT2D eigenvalue weighted by atomic mass is 16.5. The molecular formula is C31H54O4. The Labute approximate surface area is 215 Å². The fourth-order valence-corrected chi connectivity index (χ4v) is 7.10. The molecule has 1 N–H and O–H groups in total. The summed E-state index contributed by atoms with van der Waals surface area (Å²) in [5.74, 6) is 3.73. The van der Waals surface area contributed by atoms with Crippen LogP contribution in [0.15, 0.2) is 12.2 Å². The van der Waals surface area contributed by atoms with Crippen molar-refractivity contribution in [2.24, 2.45) is 35.5 Å². The first kappa shape index (κ1) is 28.7. The summed E-state index contributed by atoms with van der Waals surface area (Å²) in [6.45, 7) is 8.89. The number of rotatable bonds is 13. The van der Waals surface area contributed by atoms with E-state index in [9.17, 15) is 9.90 Å². The van der Waals surface area contributed by atoms with Crippen LogP contribution < -0.4 is 0 Å². The van der Waals surface area contributed by atoms with Crippen LogP contribution in [0.3, 0.4) is 0 Å². The Kier molecular flexibility index (Phi) is 12.6. The average Bonchev–Trinajstić information content (AvgIpc) is 2.89. The van der Waals surface area contributed by atoms with E-state index >= 15 is 0 Å². The number of esters is 1. The van der Waals surface area contributed by atoms with E-state index in [0.29, 0.717) is 30.1 Å². The fraction of sp³-hybridized carbons (Fsp3) is 0.903. The van der Waals surface area contributed by atoms with Gasteiger partial charge in [-0.1, -0.05) is 52.0 Å². The highest BCUT2D eigenvalue weighted by Crippen LogP contribution is 2.42. The number of carbonyl (C=O) groups excluding carboxylic acids is 1. The zero-order valence-electron chi connectivity index (χ0n) is 22.9. The van der Waals surface area contributed by atoms with Gasteiger partial charge in [0, 0.05) is 24.7 Å². The molecule has 0 aromatic heterocycles. The summed E-state index contributed by atoms with van der Waals surface area (Å²) in [4.78, 5) is 11.7. The van der Waals surface area contributed by atoms with Crippen molar-refractivity contribution in [1.82, 2.24) is 0 Å². The van der Waals surface area contributed by atoms with Gasteiger partial charge in [-0.15, -0.1) is 0 Å². The minimum Gasteiger partial charge on any atom is -0.462 e. The van der Waals surface area contributed by atoms with Crippen molar-refractivity contribution in [3.63, 3.8) is 0 Å². The zero-order chi connectivity index (χ0) is 25.0. The molecular weight excluding hydrogens is 436 g/mol. The van der Waals surface area contributed by atoms with Crippen molar-refractivity contribution in [3.8, 4) is 0 Å². The van der Waals surface area contributed by atoms with Crippen LogP contribution in [0.2, 0.25) is 0 Å². The topological polar surface area (TPSA) is 55.8 Å². The van der Waals surface area contributed by atoms with Gasteiger partial charge in [-0.25, -0.2) is 4.79 Å². The number of carbonyl (C=O) groups is 1. The van der Waals surface area contributed by atoms with Crippen LogP contribution in [0.25, 0.3) is 0 Å². The third-order valence-electron chi connectivity index (χ3n) is 9.63. The van der Waals surface area contributed by atoms with Crippen LogP contribution in [-0.2, 0) is 14.3 Å². The molecule has 1 unspecified atom stereocenters. The highest BCUT2D eigenvalue weighted by molar-refractivity contribution is 5.86. The van der Waals surface area contributed by atoms with Gasteiger partial charge in [-0.2, -0.15) is 0 Å². The zero-order valence-corrected chi connectivity index (χ0v) is 22.9. The van der Waals surface area contributed by atoms with Gasteiger partial charge in [0.2, 0.25) is 0 Å². The summed E-state index contributed by atoms with van der Waals surface area (Å²) < 4.78 is 11.7. The molecule has 35 heavy (non-hydrogen) atoms. The van der Waals surface area contributed by atoms with Gasteiger partial charge >= 0.3 is 5.97 Å². The lowest BCUT2D eigenvalue weighted by Crippen LogP contribution is -2.32. The van der Waals surface area contributed by atoms with E-state index in [-0.39, 0.29) is 18.5 Å². The first-order chi connectivity index (χ1) is 17.0. The normalized spacial score (nSPS) is 32.7. The summed E-state index contributed by atoms with van der Waals surface area (Å²) in [5, 5.41) is 9.80. The maximum atomic E-state index is 11.7. The summed E-state index contributed by atoms with van der Waals surface area (Å²) >= 11 is 0. The van der Waals surface area contributed by atoms with Crippen LogP contribution >= 0.6 is 0 Å². The van der Waals surface area contributed by atoms with Gasteiger partial charge in [0.05, 0.1) is 12.7 Å². The Bertz CT molecular complexity index is 607. The highest BCUT2D eigenvalue weighted by Gasteiger charge is 2.32. The van der Waals surface area contributed by atoms with Crippen molar-refractivity contribution in [2.45, 2.75) is 123 Å². The molecule has 0 aliphatic heterocycles. The largest absolute Gasteiger partial charge is 0.462 e. The number of hydrogen-bond acceptors (Lipinski definition) is 4. The maximum absolute atomic E-state index is 11.7. The smallest absolute Gasteiger partial charge is 0.333 e. The van der Waals surface area contributed by atoms with Gasteiger partial charge in [0.15, 0.2) is 0 Å². The first-order valence-corrected chi connectivity index (χ1v) is 15.0. The van der Waals surface area contributed by atoms with Gasteiger partial charge in [0.25, 0.3) is 0 Å². The molecule has 1 atom stereocenters. The van der Waals surface area contributed by atoms with Crippen LogP contribution in [-0.4, -0.2) is 37.0 Å². The van der Waals surface area contributed by atoms with E-state index in [1.807, 2.05) is 0 Å². The predicted octanol–water partition coefficient (Wildman–Crippen LogP) is 7.48. The molecule has 0 aromatic carbocycles. The van der Waals surface area contributed by atoms with Gasteiger partial charge in [-0.05, 0) is 101 Å². The fourth-order valence-electron chi connectivity index (χ4n) is 7.10. The lowest BCUT2D eigenvalue weighted by atomic mass is 9.70. The summed E-state index contributed by atoms with van der Waals surface area (Å²) in [6, 6.07) is 0. The van der Waals surface area contributed by atoms with Crippen molar-refractivity contribution in [2.75, 3.05) is 19.8 Å². The Balaban J connectivity index is 1.26. The van der Waals surface area contributed by atoms with Crippen molar-refractivity contribution in [1.29, 1.82) is 0 Å². The molecule has 3 fully saturated rings. The second-order valence-electron chi connectivity index (χ2n) is 12.2. The van der Waals surface area contributed by atoms with E-state index in [1.165, 1.54) is 77.0 Å². The molecule has 3 rings (SSSR count). The number of ether oxygens (including phenoxy) is 2. The van der Waals surface area contributed by atoms with E-state index < -0.39 is 0 Å². The summed E-state index contributed by atoms with van der Waals surface area (Å²) in [6.07, 6.45) is 21.9. The predicted molar refractivity (Wildman–Crippen MR) is 143 cm³/mol. The number of unbranched alkanes of at least 4 members (excludes halogenated alkanes) is 2. The molecule has 3 saturated carbocycles. The van der Waals surface area contributed by atoms with Crippen molar-refractivity contribution < 1.29 is 19.4 Å². The molecule has 0 heterocycles. The molecule has 3 aliphatic rings. The van der Waals surface area contributed by atoms with Crippen LogP contribution in [0.1, 0.15) is 117 Å². The standard InChI is InChI=1S/C31H54O4/c1-4-5-6-7-24-8-12-26(13-9-24)27-16-18-30(19-17-27)34-21-25-10-14-28(15-11-25)29(20-32)22-35-31(33)23(2)3/h24-30,32H,2,4-22H2,1,3H3. The van der Waals surface area contributed by atoms with Gasteiger partial charge in [0.1, 0.15) is 0 Å². The molecule has 0 aromatic rings. The van der Waals surface area contributed by atoms with Crippen LogP contribution in [0.5, 0.6) is 0 Å². The molecule has 4 heteroatoms. The molecule has 202 valence electrons. The Morgan fingerprint density at radius 3 is 2.06 bits per heavy atom. The second-order valence-corrected chi connectivity index (χ2v) is 12.2. The molecule has 0 radical (unpaired) electrons. The van der Waals surface area contributed by atoms with Crippen LogP contribution in [0, 0.1) is 35.5 Å². The number of aliphatic hydroxyl groups excluding tert-OH is 1. The summed E-state index contributed by atoms with van der Waals surface area (Å²) in [7, 11) is 0. The number of aliphatic hydroxyl groups is 1. The van der Waals surface area contributed by atoms with E-state index in [2.05, 4.69) is 13.5 Å². The lowest BCUT2D eigenvalue weighted by molar-refractivity contribution is -0.141. The lowest BCUT2D eigenvalue weighted by Gasteiger charge is -2.38. The molecule has 0 saturated heterocycles. The summed E-state index contributed by atoms with van der Waals surface area (Å²) in [5.41, 5.74) is 0.418.